The van der Waals surface area contributed by atoms with Crippen LogP contribution in [0.4, 0.5) is 0 Å². The van der Waals surface area contributed by atoms with Crippen LogP contribution < -0.4 is 10.0 Å². The van der Waals surface area contributed by atoms with Crippen LogP contribution >= 0.6 is 0 Å². The number of nitrogens with zero attached hydrogens (tertiary/aromatic N) is 1. The molecule has 1 heterocycles. The van der Waals surface area contributed by atoms with Crippen molar-refractivity contribution >= 4 is 21.9 Å². The summed E-state index contributed by atoms with van der Waals surface area (Å²) in [5.41, 5.74) is -0.202. The third-order valence-corrected chi connectivity index (χ3v) is 4.11. The Hall–Kier alpha value is -1.94. The zero-order chi connectivity index (χ0) is 15.5. The van der Waals surface area contributed by atoms with Gasteiger partial charge in [-0.2, -0.15) is 5.10 Å². The van der Waals surface area contributed by atoms with E-state index in [1.165, 1.54) is 0 Å². The van der Waals surface area contributed by atoms with Crippen LogP contribution in [0.3, 0.4) is 0 Å². The lowest BCUT2D eigenvalue weighted by Crippen LogP contribution is -2.38. The number of carbonyl (C=O) groups is 2. The van der Waals surface area contributed by atoms with Gasteiger partial charge in [0.15, 0.2) is 5.03 Å². The van der Waals surface area contributed by atoms with Crippen molar-refractivity contribution in [1.82, 2.24) is 20.2 Å². The van der Waals surface area contributed by atoms with E-state index in [-0.39, 0.29) is 18.2 Å². The monoisotopic (exact) mass is 316 g/mol. The predicted octanol–water partition coefficient (Wildman–Crippen LogP) is -0.857. The topological polar surface area (TPSA) is 130 Å². The molecule has 0 saturated heterocycles. The first-order valence-electron chi connectivity index (χ1n) is 6.43. The van der Waals surface area contributed by atoms with Gasteiger partial charge in [0.05, 0.1) is 19.3 Å². The quantitative estimate of drug-likeness (QED) is 0.561. The van der Waals surface area contributed by atoms with Crippen molar-refractivity contribution in [2.45, 2.75) is 30.8 Å². The van der Waals surface area contributed by atoms with Crippen molar-refractivity contribution in [1.29, 1.82) is 0 Å². The Balaban J connectivity index is 2.03. The number of sulfonamides is 1. The molecule has 0 spiro atoms. The molecule has 1 amide bonds. The van der Waals surface area contributed by atoms with Crippen LogP contribution in [0, 0.1) is 0 Å². The van der Waals surface area contributed by atoms with E-state index in [0.29, 0.717) is 0 Å². The minimum Gasteiger partial charge on any atom is -0.462 e. The molecule has 116 valence electrons. The first-order chi connectivity index (χ1) is 9.94. The highest BCUT2D eigenvalue weighted by atomic mass is 32.2. The van der Waals surface area contributed by atoms with Gasteiger partial charge in [-0.3, -0.25) is 9.89 Å². The highest BCUT2D eigenvalue weighted by molar-refractivity contribution is 7.89. The van der Waals surface area contributed by atoms with Crippen LogP contribution in [-0.4, -0.2) is 49.7 Å². The molecule has 1 fully saturated rings. The number of hydrogen-bond donors (Lipinski definition) is 3. The lowest BCUT2D eigenvalue weighted by atomic mass is 10.4. The number of amides is 1. The molecule has 0 atom stereocenters. The Morgan fingerprint density at radius 3 is 2.81 bits per heavy atom. The number of aromatic nitrogens is 2. The average Bonchev–Trinajstić information content (AvgIpc) is 3.08. The van der Waals surface area contributed by atoms with E-state index >= 15 is 0 Å². The zero-order valence-electron chi connectivity index (χ0n) is 11.4. The van der Waals surface area contributed by atoms with E-state index in [9.17, 15) is 18.0 Å². The molecule has 1 aromatic heterocycles. The van der Waals surface area contributed by atoms with Crippen molar-refractivity contribution in [2.24, 2.45) is 0 Å². The van der Waals surface area contributed by atoms with Crippen LogP contribution in [0.1, 0.15) is 30.1 Å². The van der Waals surface area contributed by atoms with Crippen molar-refractivity contribution in [2.75, 3.05) is 13.2 Å². The summed E-state index contributed by atoms with van der Waals surface area (Å²) in [7, 11) is -4.05. The van der Waals surface area contributed by atoms with Crippen molar-refractivity contribution < 1.29 is 22.7 Å². The van der Waals surface area contributed by atoms with E-state index in [4.69, 9.17) is 4.74 Å². The van der Waals surface area contributed by atoms with Gasteiger partial charge in [0.25, 0.3) is 10.0 Å². The highest BCUT2D eigenvalue weighted by Crippen LogP contribution is 2.18. The molecule has 0 unspecified atom stereocenters. The number of hydrogen-bond acceptors (Lipinski definition) is 6. The van der Waals surface area contributed by atoms with Gasteiger partial charge in [-0.15, -0.1) is 0 Å². The first kappa shape index (κ1) is 15.4. The van der Waals surface area contributed by atoms with Crippen LogP contribution in [0.5, 0.6) is 0 Å². The summed E-state index contributed by atoms with van der Waals surface area (Å²) in [5.74, 6) is -1.22. The van der Waals surface area contributed by atoms with Gasteiger partial charge in [0.2, 0.25) is 5.91 Å². The summed E-state index contributed by atoms with van der Waals surface area (Å²) in [6.45, 7) is 1.31. The molecule has 0 aliphatic heterocycles. The molecular formula is C11H16N4O5S. The third-order valence-electron chi connectivity index (χ3n) is 2.73. The van der Waals surface area contributed by atoms with Gasteiger partial charge in [0.1, 0.15) is 5.56 Å². The number of aromatic amines is 1. The van der Waals surface area contributed by atoms with E-state index in [1.54, 1.807) is 6.92 Å². The Labute approximate surface area is 121 Å². The maximum Gasteiger partial charge on any atom is 0.342 e. The smallest absolute Gasteiger partial charge is 0.342 e. The number of ether oxygens (including phenoxy) is 1. The Bertz CT molecular complexity index is 635. The molecule has 9 nitrogen and oxygen atoms in total. The molecule has 21 heavy (non-hydrogen) atoms. The summed E-state index contributed by atoms with van der Waals surface area (Å²) in [6.07, 6.45) is 2.88. The first-order valence-corrected chi connectivity index (χ1v) is 7.92. The van der Waals surface area contributed by atoms with Crippen LogP contribution in [0.2, 0.25) is 0 Å². The molecule has 1 aliphatic carbocycles. The lowest BCUT2D eigenvalue weighted by molar-refractivity contribution is -0.120. The minimum atomic E-state index is -4.05. The molecule has 0 bridgehead atoms. The van der Waals surface area contributed by atoms with Gasteiger partial charge >= 0.3 is 5.97 Å². The van der Waals surface area contributed by atoms with Gasteiger partial charge in [0, 0.05) is 6.04 Å². The van der Waals surface area contributed by atoms with Crippen molar-refractivity contribution in [3.8, 4) is 0 Å². The number of carbonyl (C=O) groups excluding carboxylic acids is 2. The fraction of sp³-hybridized carbons (Fsp3) is 0.545. The summed E-state index contributed by atoms with van der Waals surface area (Å²) in [4.78, 5) is 23.1. The van der Waals surface area contributed by atoms with Gasteiger partial charge in [-0.1, -0.05) is 0 Å². The number of H-pyrrole nitrogens is 1. The fourth-order valence-electron chi connectivity index (χ4n) is 1.57. The largest absolute Gasteiger partial charge is 0.462 e. The normalized spacial score (nSPS) is 14.7. The highest BCUT2D eigenvalue weighted by Gasteiger charge is 2.27. The van der Waals surface area contributed by atoms with E-state index in [2.05, 4.69) is 20.2 Å². The fourth-order valence-corrected chi connectivity index (χ4v) is 2.64. The summed E-state index contributed by atoms with van der Waals surface area (Å²) in [5, 5.41) is 7.99. The van der Waals surface area contributed by atoms with Crippen molar-refractivity contribution in [3.63, 3.8) is 0 Å². The molecule has 3 N–H and O–H groups in total. The molecule has 2 rings (SSSR count). The number of rotatable bonds is 7. The molecule has 0 radical (unpaired) electrons. The van der Waals surface area contributed by atoms with E-state index in [0.717, 1.165) is 19.0 Å². The van der Waals surface area contributed by atoms with Crippen LogP contribution in [0.25, 0.3) is 0 Å². The van der Waals surface area contributed by atoms with E-state index < -0.39 is 33.5 Å². The lowest BCUT2D eigenvalue weighted by Gasteiger charge is -2.07. The molecule has 1 aromatic rings. The molecule has 10 heteroatoms. The average molecular weight is 316 g/mol. The van der Waals surface area contributed by atoms with Gasteiger partial charge in [-0.25, -0.2) is 17.9 Å². The van der Waals surface area contributed by atoms with E-state index in [1.807, 2.05) is 0 Å². The number of esters is 1. The molecular weight excluding hydrogens is 300 g/mol. The molecule has 1 saturated carbocycles. The molecule has 1 aliphatic rings. The van der Waals surface area contributed by atoms with Gasteiger partial charge in [-0.05, 0) is 19.8 Å². The maximum absolute atomic E-state index is 12.1. The Morgan fingerprint density at radius 2 is 2.19 bits per heavy atom. The van der Waals surface area contributed by atoms with Crippen LogP contribution in [0.15, 0.2) is 11.2 Å². The zero-order valence-corrected chi connectivity index (χ0v) is 12.2. The van der Waals surface area contributed by atoms with Crippen molar-refractivity contribution in [3.05, 3.63) is 11.8 Å². The maximum atomic E-state index is 12.1. The second-order valence-corrected chi connectivity index (χ2v) is 6.20. The number of nitrogens with one attached hydrogen (secondary N) is 3. The second kappa shape index (κ2) is 6.22. The second-order valence-electron chi connectivity index (χ2n) is 4.50. The van der Waals surface area contributed by atoms with Gasteiger partial charge < -0.3 is 10.1 Å². The minimum absolute atomic E-state index is 0.112. The molecule has 0 aromatic carbocycles. The summed E-state index contributed by atoms with van der Waals surface area (Å²) in [6, 6.07) is 0.143. The SMILES string of the molecule is CCOC(=O)c1cn[nH]c1S(=O)(=O)NCC(=O)NC1CC1. The summed E-state index contributed by atoms with van der Waals surface area (Å²) >= 11 is 0. The standard InChI is InChI=1S/C11H16N4O5S/c1-2-20-11(17)8-5-12-15-10(8)21(18,19)13-6-9(16)14-7-3-4-7/h5,7,13H,2-4,6H2,1H3,(H,12,15)(H,14,16). The summed E-state index contributed by atoms with van der Waals surface area (Å²) < 4.78 is 31.0. The third kappa shape index (κ3) is 4.02. The van der Waals surface area contributed by atoms with Crippen LogP contribution in [-0.2, 0) is 19.6 Å². The Kier molecular flexibility index (Phi) is 4.58. The predicted molar refractivity (Wildman–Crippen MR) is 70.9 cm³/mol. The Morgan fingerprint density at radius 1 is 1.48 bits per heavy atom.